The number of nitro groups is 1. The summed E-state index contributed by atoms with van der Waals surface area (Å²) in [6.07, 6.45) is -0.722. The third-order valence-corrected chi connectivity index (χ3v) is 5.89. The topological polar surface area (TPSA) is 92.4 Å². The third-order valence-electron chi connectivity index (χ3n) is 2.27. The quantitative estimate of drug-likeness (QED) is 0.664. The van der Waals surface area contributed by atoms with Crippen LogP contribution in [0.25, 0.3) is 0 Å². The molecule has 1 atom stereocenters. The van der Waals surface area contributed by atoms with Crippen LogP contribution in [0.1, 0.15) is 17.9 Å². The number of anilines is 1. The minimum Gasteiger partial charge on any atom is -0.388 e. The predicted octanol–water partition coefficient (Wildman–Crippen LogP) is 2.78. The van der Waals surface area contributed by atoms with Crippen molar-refractivity contribution in [2.24, 2.45) is 0 Å². The fraction of sp³-hybridized carbons (Fsp3) is 0.400. The SMILES string of the molecule is CC(O)c1cc([N+](=O)[O-])c(Sc2nnc(N(C)C)s2)s1. The smallest absolute Gasteiger partial charge is 0.294 e. The van der Waals surface area contributed by atoms with Crippen molar-refractivity contribution in [3.8, 4) is 0 Å². The molecule has 20 heavy (non-hydrogen) atoms. The molecule has 2 rings (SSSR count). The van der Waals surface area contributed by atoms with Gasteiger partial charge in [0, 0.05) is 25.0 Å². The van der Waals surface area contributed by atoms with E-state index in [0.717, 1.165) is 5.13 Å². The fourth-order valence-electron chi connectivity index (χ4n) is 1.29. The Kier molecular flexibility index (Phi) is 4.58. The lowest BCUT2D eigenvalue weighted by Crippen LogP contribution is -2.07. The zero-order chi connectivity index (χ0) is 14.9. The Bertz CT molecular complexity index is 623. The van der Waals surface area contributed by atoms with E-state index in [9.17, 15) is 15.2 Å². The molecule has 1 N–H and O–H groups in total. The van der Waals surface area contributed by atoms with Gasteiger partial charge in [0.2, 0.25) is 5.13 Å². The van der Waals surface area contributed by atoms with Crippen LogP contribution in [-0.4, -0.2) is 34.3 Å². The molecule has 2 aromatic heterocycles. The highest BCUT2D eigenvalue weighted by Gasteiger charge is 2.23. The van der Waals surface area contributed by atoms with Crippen molar-refractivity contribution in [2.75, 3.05) is 19.0 Å². The maximum atomic E-state index is 11.0. The van der Waals surface area contributed by atoms with Gasteiger partial charge >= 0.3 is 0 Å². The Labute approximate surface area is 127 Å². The lowest BCUT2D eigenvalue weighted by molar-refractivity contribution is -0.387. The lowest BCUT2D eigenvalue weighted by atomic mass is 10.3. The molecule has 0 aliphatic heterocycles. The maximum Gasteiger partial charge on any atom is 0.294 e. The molecule has 2 heterocycles. The number of nitrogens with zero attached hydrogens (tertiary/aromatic N) is 4. The van der Waals surface area contributed by atoms with Crippen LogP contribution in [0.2, 0.25) is 0 Å². The Morgan fingerprint density at radius 2 is 2.15 bits per heavy atom. The second kappa shape index (κ2) is 6.04. The predicted molar refractivity (Wildman–Crippen MR) is 80.0 cm³/mol. The first-order valence-electron chi connectivity index (χ1n) is 5.53. The third kappa shape index (κ3) is 3.26. The van der Waals surface area contributed by atoms with Gasteiger partial charge in [0.15, 0.2) is 4.34 Å². The van der Waals surface area contributed by atoms with Gasteiger partial charge in [-0.3, -0.25) is 10.1 Å². The Morgan fingerprint density at radius 3 is 2.65 bits per heavy atom. The molecule has 0 bridgehead atoms. The van der Waals surface area contributed by atoms with Crippen molar-refractivity contribution in [1.82, 2.24) is 10.2 Å². The second-order valence-corrected chi connectivity index (χ2v) is 7.66. The van der Waals surface area contributed by atoms with Crippen LogP contribution < -0.4 is 4.90 Å². The molecule has 0 amide bonds. The summed E-state index contributed by atoms with van der Waals surface area (Å²) in [4.78, 5) is 13.0. The van der Waals surface area contributed by atoms with Gasteiger partial charge in [-0.2, -0.15) is 0 Å². The molecule has 0 aromatic carbocycles. The second-order valence-electron chi connectivity index (χ2n) is 4.10. The van der Waals surface area contributed by atoms with Gasteiger partial charge in [-0.15, -0.1) is 21.5 Å². The number of rotatable bonds is 5. The molecule has 0 aliphatic carbocycles. The molecule has 0 saturated carbocycles. The largest absolute Gasteiger partial charge is 0.388 e. The van der Waals surface area contributed by atoms with E-state index in [1.165, 1.54) is 40.5 Å². The number of thiophene rings is 1. The van der Waals surface area contributed by atoms with Crippen LogP contribution in [0.3, 0.4) is 0 Å². The lowest BCUT2D eigenvalue weighted by Gasteiger charge is -2.03. The summed E-state index contributed by atoms with van der Waals surface area (Å²) in [5, 5.41) is 29.3. The molecule has 7 nitrogen and oxygen atoms in total. The van der Waals surface area contributed by atoms with Gasteiger partial charge in [-0.25, -0.2) is 0 Å². The molecule has 0 spiro atoms. The van der Waals surface area contributed by atoms with Crippen molar-refractivity contribution in [3.63, 3.8) is 0 Å². The van der Waals surface area contributed by atoms with E-state index in [1.807, 2.05) is 19.0 Å². The number of aromatic nitrogens is 2. The summed E-state index contributed by atoms with van der Waals surface area (Å²) in [6.45, 7) is 1.58. The minimum absolute atomic E-state index is 0.00231. The van der Waals surface area contributed by atoms with Crippen molar-refractivity contribution in [1.29, 1.82) is 0 Å². The van der Waals surface area contributed by atoms with Crippen LogP contribution in [0.15, 0.2) is 14.6 Å². The molecular formula is C10H12N4O3S3. The van der Waals surface area contributed by atoms with E-state index in [2.05, 4.69) is 10.2 Å². The van der Waals surface area contributed by atoms with Crippen LogP contribution in [0, 0.1) is 10.1 Å². The number of aliphatic hydroxyl groups is 1. The summed E-state index contributed by atoms with van der Waals surface area (Å²) in [7, 11) is 3.71. The van der Waals surface area contributed by atoms with Crippen molar-refractivity contribution >= 4 is 45.3 Å². The van der Waals surface area contributed by atoms with E-state index >= 15 is 0 Å². The maximum absolute atomic E-state index is 11.0. The Morgan fingerprint density at radius 1 is 1.45 bits per heavy atom. The van der Waals surface area contributed by atoms with E-state index in [1.54, 1.807) is 6.92 Å². The van der Waals surface area contributed by atoms with E-state index in [0.29, 0.717) is 13.4 Å². The van der Waals surface area contributed by atoms with Gasteiger partial charge < -0.3 is 10.0 Å². The normalized spacial score (nSPS) is 12.4. The van der Waals surface area contributed by atoms with Gasteiger partial charge in [-0.05, 0) is 18.7 Å². The number of aliphatic hydroxyl groups excluding tert-OH is 1. The first-order chi connectivity index (χ1) is 9.38. The highest BCUT2D eigenvalue weighted by molar-refractivity contribution is 8.03. The number of hydrogen-bond acceptors (Lipinski definition) is 9. The van der Waals surface area contributed by atoms with E-state index < -0.39 is 11.0 Å². The average Bonchev–Trinajstić information content (AvgIpc) is 2.96. The molecule has 2 aromatic rings. The monoisotopic (exact) mass is 332 g/mol. The molecular weight excluding hydrogens is 320 g/mol. The summed E-state index contributed by atoms with van der Waals surface area (Å²) in [5.41, 5.74) is -0.00231. The molecule has 0 radical (unpaired) electrons. The summed E-state index contributed by atoms with van der Waals surface area (Å²) < 4.78 is 1.14. The van der Waals surface area contributed by atoms with Gasteiger partial charge in [0.05, 0.1) is 11.0 Å². The highest BCUT2D eigenvalue weighted by Crippen LogP contribution is 2.44. The van der Waals surface area contributed by atoms with Crippen LogP contribution in [0.5, 0.6) is 0 Å². The summed E-state index contributed by atoms with van der Waals surface area (Å²) in [5.74, 6) is 0. The van der Waals surface area contributed by atoms with Crippen molar-refractivity contribution in [3.05, 3.63) is 21.1 Å². The summed E-state index contributed by atoms with van der Waals surface area (Å²) >= 11 is 3.77. The molecule has 0 fully saturated rings. The highest BCUT2D eigenvalue weighted by atomic mass is 32.2. The molecule has 0 saturated heterocycles. The molecule has 0 aliphatic rings. The molecule has 108 valence electrons. The minimum atomic E-state index is -0.722. The van der Waals surface area contributed by atoms with Gasteiger partial charge in [0.25, 0.3) is 5.69 Å². The van der Waals surface area contributed by atoms with Gasteiger partial charge in [0.1, 0.15) is 4.21 Å². The Balaban J connectivity index is 2.29. The zero-order valence-electron chi connectivity index (χ0n) is 10.9. The summed E-state index contributed by atoms with van der Waals surface area (Å²) in [6, 6.07) is 1.41. The van der Waals surface area contributed by atoms with E-state index in [-0.39, 0.29) is 5.69 Å². The standard InChI is InChI=1S/C10H12N4O3S3/c1-5(15)7-4-6(14(16)17)8(18-7)19-10-12-11-9(20-10)13(2)3/h4-5,15H,1-3H3. The van der Waals surface area contributed by atoms with Crippen molar-refractivity contribution in [2.45, 2.75) is 21.6 Å². The fourth-order valence-corrected chi connectivity index (χ4v) is 4.56. The zero-order valence-corrected chi connectivity index (χ0v) is 13.4. The Hall–Kier alpha value is -1.23. The molecule has 1 unspecified atom stereocenters. The first kappa shape index (κ1) is 15.2. The van der Waals surface area contributed by atoms with Crippen LogP contribution in [0.4, 0.5) is 10.8 Å². The van der Waals surface area contributed by atoms with Crippen LogP contribution >= 0.6 is 34.4 Å². The van der Waals surface area contributed by atoms with Gasteiger partial charge in [-0.1, -0.05) is 11.3 Å². The van der Waals surface area contributed by atoms with E-state index in [4.69, 9.17) is 0 Å². The number of hydrogen-bond donors (Lipinski definition) is 1. The van der Waals surface area contributed by atoms with Crippen LogP contribution in [-0.2, 0) is 0 Å². The molecule has 10 heteroatoms. The van der Waals surface area contributed by atoms with Crippen molar-refractivity contribution < 1.29 is 10.0 Å². The average molecular weight is 332 g/mol. The first-order valence-corrected chi connectivity index (χ1v) is 7.98.